The van der Waals surface area contributed by atoms with Gasteiger partial charge in [-0.05, 0) is 13.8 Å². The molecule has 13 heavy (non-hydrogen) atoms. The quantitative estimate of drug-likeness (QED) is 0.563. The first-order chi connectivity index (χ1) is 5.94. The van der Waals surface area contributed by atoms with Crippen LogP contribution in [0.25, 0.3) is 0 Å². The zero-order valence-corrected chi connectivity index (χ0v) is 7.79. The summed E-state index contributed by atoms with van der Waals surface area (Å²) in [6.45, 7) is 3.87. The van der Waals surface area contributed by atoms with Gasteiger partial charge in [-0.25, -0.2) is 0 Å². The lowest BCUT2D eigenvalue weighted by Crippen LogP contribution is -2.40. The Morgan fingerprint density at radius 2 is 2.23 bits per heavy atom. The van der Waals surface area contributed by atoms with Gasteiger partial charge in [-0.2, -0.15) is 0 Å². The molecule has 2 amide bonds. The second-order valence-electron chi connectivity index (χ2n) is 3.69. The average Bonchev–Trinajstić information content (AvgIpc) is 2.30. The first-order valence-corrected chi connectivity index (χ1v) is 4.16. The van der Waals surface area contributed by atoms with E-state index in [1.54, 1.807) is 13.8 Å². The lowest BCUT2D eigenvalue weighted by Gasteiger charge is -2.25. The second-order valence-corrected chi connectivity index (χ2v) is 3.69. The molecule has 1 rings (SSSR count). The van der Waals surface area contributed by atoms with E-state index in [2.05, 4.69) is 5.32 Å². The van der Waals surface area contributed by atoms with Crippen LogP contribution < -0.4 is 11.1 Å². The Kier molecular flexibility index (Phi) is 2.68. The normalized spacial score (nSPS) is 23.5. The predicted octanol–water partition coefficient (Wildman–Crippen LogP) is -0.845. The van der Waals surface area contributed by atoms with Crippen LogP contribution in [0.1, 0.15) is 20.3 Å². The Morgan fingerprint density at radius 1 is 1.62 bits per heavy atom. The number of nitrogens with two attached hydrogens (primary N) is 1. The number of carbonyl (C=O) groups excluding carboxylic acids is 2. The molecule has 0 aromatic carbocycles. The number of ether oxygens (including phenoxy) is 1. The fraction of sp³-hybridized carbons (Fsp3) is 0.750. The van der Waals surface area contributed by atoms with Gasteiger partial charge in [0.25, 0.3) is 5.91 Å². The summed E-state index contributed by atoms with van der Waals surface area (Å²) in [6.07, 6.45) is -0.575. The SMILES string of the molecule is CC(C)(CN)O[C@@H]1CC(=O)NC1=O. The molecule has 5 nitrogen and oxygen atoms in total. The first kappa shape index (κ1) is 10.1. The maximum absolute atomic E-state index is 11.1. The van der Waals surface area contributed by atoms with Gasteiger partial charge in [0.2, 0.25) is 5.91 Å². The van der Waals surface area contributed by atoms with Crippen LogP contribution in [0.4, 0.5) is 0 Å². The molecule has 1 saturated heterocycles. The highest BCUT2D eigenvalue weighted by molar-refractivity contribution is 6.04. The number of hydrogen-bond donors (Lipinski definition) is 2. The van der Waals surface area contributed by atoms with Crippen LogP contribution in [-0.4, -0.2) is 30.1 Å². The Labute approximate surface area is 76.6 Å². The maximum Gasteiger partial charge on any atom is 0.256 e. The number of hydrogen-bond acceptors (Lipinski definition) is 4. The molecule has 0 radical (unpaired) electrons. The number of carbonyl (C=O) groups is 2. The van der Waals surface area contributed by atoms with E-state index in [1.807, 2.05) is 0 Å². The van der Waals surface area contributed by atoms with Crippen molar-refractivity contribution in [2.45, 2.75) is 32.0 Å². The van der Waals surface area contributed by atoms with Gasteiger partial charge in [0.05, 0.1) is 12.0 Å². The van der Waals surface area contributed by atoms with Gasteiger partial charge in [0.15, 0.2) is 0 Å². The fourth-order valence-electron chi connectivity index (χ4n) is 1.06. The molecule has 3 N–H and O–H groups in total. The van der Waals surface area contributed by atoms with Gasteiger partial charge in [0, 0.05) is 6.54 Å². The lowest BCUT2D eigenvalue weighted by molar-refractivity contribution is -0.138. The molecule has 0 spiro atoms. The molecule has 0 saturated carbocycles. The molecule has 0 aromatic rings. The van der Waals surface area contributed by atoms with E-state index >= 15 is 0 Å². The number of amides is 2. The molecule has 1 aliphatic rings. The van der Waals surface area contributed by atoms with E-state index in [-0.39, 0.29) is 18.2 Å². The van der Waals surface area contributed by atoms with E-state index in [0.717, 1.165) is 0 Å². The van der Waals surface area contributed by atoms with E-state index in [9.17, 15) is 9.59 Å². The molecule has 1 aliphatic heterocycles. The minimum absolute atomic E-state index is 0.0995. The third-order valence-electron chi connectivity index (χ3n) is 1.88. The standard InChI is InChI=1S/C8H14N2O3/c1-8(2,4-9)13-5-3-6(11)10-7(5)12/h5H,3-4,9H2,1-2H3,(H,10,11,12)/t5-/m1/s1. The van der Waals surface area contributed by atoms with Crippen molar-refractivity contribution in [3.05, 3.63) is 0 Å². The summed E-state index contributed by atoms with van der Waals surface area (Å²) in [7, 11) is 0. The molecule has 1 atom stereocenters. The summed E-state index contributed by atoms with van der Waals surface area (Å²) in [4.78, 5) is 21.9. The molecular weight excluding hydrogens is 172 g/mol. The largest absolute Gasteiger partial charge is 0.361 e. The van der Waals surface area contributed by atoms with Crippen molar-refractivity contribution < 1.29 is 14.3 Å². The van der Waals surface area contributed by atoms with Crippen LogP contribution in [0.2, 0.25) is 0 Å². The highest BCUT2D eigenvalue weighted by atomic mass is 16.5. The predicted molar refractivity (Wildman–Crippen MR) is 45.8 cm³/mol. The number of nitrogens with one attached hydrogen (secondary N) is 1. The second kappa shape index (κ2) is 3.43. The minimum atomic E-state index is -0.675. The number of imide groups is 1. The topological polar surface area (TPSA) is 81.4 Å². The molecule has 5 heteroatoms. The highest BCUT2D eigenvalue weighted by Crippen LogP contribution is 2.15. The molecule has 0 unspecified atom stereocenters. The van der Waals surface area contributed by atoms with Crippen LogP contribution in [0.15, 0.2) is 0 Å². The molecule has 0 bridgehead atoms. The molecular formula is C8H14N2O3. The van der Waals surface area contributed by atoms with Crippen molar-refractivity contribution in [3.63, 3.8) is 0 Å². The molecule has 1 fully saturated rings. The van der Waals surface area contributed by atoms with Gasteiger partial charge in [-0.1, -0.05) is 0 Å². The summed E-state index contributed by atoms with van der Waals surface area (Å²) in [6, 6.07) is 0. The number of rotatable bonds is 3. The Morgan fingerprint density at radius 3 is 2.62 bits per heavy atom. The summed E-state index contributed by atoms with van der Waals surface area (Å²) < 4.78 is 5.37. The summed E-state index contributed by atoms with van der Waals surface area (Å²) in [5, 5.41) is 2.17. The summed E-state index contributed by atoms with van der Waals surface area (Å²) in [5.74, 6) is -0.658. The highest BCUT2D eigenvalue weighted by Gasteiger charge is 2.35. The van der Waals surface area contributed by atoms with Crippen LogP contribution in [0.5, 0.6) is 0 Å². The molecule has 0 aliphatic carbocycles. The van der Waals surface area contributed by atoms with Gasteiger partial charge < -0.3 is 10.5 Å². The fourth-order valence-corrected chi connectivity index (χ4v) is 1.06. The summed E-state index contributed by atoms with van der Waals surface area (Å²) >= 11 is 0. The molecule has 0 aromatic heterocycles. The van der Waals surface area contributed by atoms with Crippen molar-refractivity contribution in [1.82, 2.24) is 5.32 Å². The van der Waals surface area contributed by atoms with E-state index in [4.69, 9.17) is 10.5 Å². The zero-order valence-electron chi connectivity index (χ0n) is 7.79. The molecule has 1 heterocycles. The lowest BCUT2D eigenvalue weighted by atomic mass is 10.1. The zero-order chi connectivity index (χ0) is 10.1. The van der Waals surface area contributed by atoms with Crippen molar-refractivity contribution in [3.8, 4) is 0 Å². The third kappa shape index (κ3) is 2.50. The summed E-state index contributed by atoms with van der Waals surface area (Å²) in [5.41, 5.74) is 4.86. The van der Waals surface area contributed by atoms with Crippen LogP contribution >= 0.6 is 0 Å². The van der Waals surface area contributed by atoms with E-state index in [1.165, 1.54) is 0 Å². The van der Waals surface area contributed by atoms with Gasteiger partial charge >= 0.3 is 0 Å². The van der Waals surface area contributed by atoms with Crippen molar-refractivity contribution >= 4 is 11.8 Å². The van der Waals surface area contributed by atoms with E-state index in [0.29, 0.717) is 6.54 Å². The van der Waals surface area contributed by atoms with Crippen LogP contribution in [-0.2, 0) is 14.3 Å². The van der Waals surface area contributed by atoms with Crippen molar-refractivity contribution in [2.75, 3.05) is 6.54 Å². The van der Waals surface area contributed by atoms with Crippen LogP contribution in [0.3, 0.4) is 0 Å². The van der Waals surface area contributed by atoms with E-state index < -0.39 is 11.7 Å². The van der Waals surface area contributed by atoms with Gasteiger partial charge in [0.1, 0.15) is 6.10 Å². The minimum Gasteiger partial charge on any atom is -0.361 e. The van der Waals surface area contributed by atoms with Gasteiger partial charge in [-0.3, -0.25) is 14.9 Å². The Hall–Kier alpha value is -0.940. The Balaban J connectivity index is 2.55. The van der Waals surface area contributed by atoms with Crippen LogP contribution in [0, 0.1) is 0 Å². The smallest absolute Gasteiger partial charge is 0.256 e. The van der Waals surface area contributed by atoms with Gasteiger partial charge in [-0.15, -0.1) is 0 Å². The van der Waals surface area contributed by atoms with Crippen molar-refractivity contribution in [1.29, 1.82) is 0 Å². The maximum atomic E-state index is 11.1. The molecule has 74 valence electrons. The van der Waals surface area contributed by atoms with Crippen molar-refractivity contribution in [2.24, 2.45) is 5.73 Å². The average molecular weight is 186 g/mol. The monoisotopic (exact) mass is 186 g/mol. The Bertz CT molecular complexity index is 238. The third-order valence-corrected chi connectivity index (χ3v) is 1.88. The first-order valence-electron chi connectivity index (χ1n) is 4.16.